The van der Waals surface area contributed by atoms with Gasteiger partial charge in [0.1, 0.15) is 11.8 Å². The molecule has 2 amide bonds. The largest absolute Gasteiger partial charge is 0.484 e. The van der Waals surface area contributed by atoms with E-state index in [1.54, 1.807) is 6.07 Å². The van der Waals surface area contributed by atoms with Gasteiger partial charge in [-0.3, -0.25) is 14.4 Å². The molecule has 1 aromatic rings. The van der Waals surface area contributed by atoms with Gasteiger partial charge in [0.15, 0.2) is 6.61 Å². The first kappa shape index (κ1) is 28.7. The molecule has 1 aromatic carbocycles. The summed E-state index contributed by atoms with van der Waals surface area (Å²) in [6, 6.07) is 6.74. The molecular formula is C28H44N2O5. The van der Waals surface area contributed by atoms with Gasteiger partial charge < -0.3 is 19.7 Å². The molecule has 0 aromatic heterocycles. The Hall–Kier alpha value is -2.57. The Morgan fingerprint density at radius 3 is 2.37 bits per heavy atom. The van der Waals surface area contributed by atoms with E-state index in [2.05, 4.69) is 19.2 Å². The van der Waals surface area contributed by atoms with Crippen LogP contribution in [0.3, 0.4) is 0 Å². The number of nitrogens with zero attached hydrogens (tertiary/aromatic N) is 1. The van der Waals surface area contributed by atoms with E-state index in [-0.39, 0.29) is 24.8 Å². The summed E-state index contributed by atoms with van der Waals surface area (Å²) in [5.74, 6) is -0.466. The van der Waals surface area contributed by atoms with Crippen molar-refractivity contribution >= 4 is 17.8 Å². The highest BCUT2D eigenvalue weighted by molar-refractivity contribution is 5.92. The molecular weight excluding hydrogens is 444 g/mol. The second-order valence-electron chi connectivity index (χ2n) is 9.29. The average molecular weight is 489 g/mol. The van der Waals surface area contributed by atoms with Gasteiger partial charge in [-0.05, 0) is 30.5 Å². The van der Waals surface area contributed by atoms with Crippen molar-refractivity contribution in [3.8, 4) is 5.75 Å². The van der Waals surface area contributed by atoms with Gasteiger partial charge in [0, 0.05) is 13.1 Å². The molecule has 1 aliphatic heterocycles. The van der Waals surface area contributed by atoms with Crippen molar-refractivity contribution in [1.29, 1.82) is 0 Å². The Bertz CT molecular complexity index is 782. The quantitative estimate of drug-likeness (QED) is 0.251. The van der Waals surface area contributed by atoms with Gasteiger partial charge in [0.2, 0.25) is 5.91 Å². The first-order valence-electron chi connectivity index (χ1n) is 13.5. The van der Waals surface area contributed by atoms with Crippen LogP contribution in [-0.4, -0.2) is 55.0 Å². The zero-order valence-electron chi connectivity index (χ0n) is 21.7. The maximum absolute atomic E-state index is 12.8. The lowest BCUT2D eigenvalue weighted by Crippen LogP contribution is -2.58. The smallest absolute Gasteiger partial charge is 0.308 e. The lowest BCUT2D eigenvalue weighted by molar-refractivity contribution is -0.152. The molecule has 0 aliphatic carbocycles. The molecule has 1 saturated heterocycles. The van der Waals surface area contributed by atoms with E-state index in [1.807, 2.05) is 18.2 Å². The van der Waals surface area contributed by atoms with Crippen LogP contribution in [0.15, 0.2) is 24.3 Å². The number of carbonyl (C=O) groups is 3. The highest BCUT2D eigenvalue weighted by Gasteiger charge is 2.35. The highest BCUT2D eigenvalue weighted by Crippen LogP contribution is 2.16. The molecule has 196 valence electrons. The van der Waals surface area contributed by atoms with Gasteiger partial charge >= 0.3 is 5.97 Å². The van der Waals surface area contributed by atoms with E-state index in [4.69, 9.17) is 9.47 Å². The van der Waals surface area contributed by atoms with E-state index in [0.29, 0.717) is 25.4 Å². The van der Waals surface area contributed by atoms with E-state index in [9.17, 15) is 14.4 Å². The molecule has 7 nitrogen and oxygen atoms in total. The van der Waals surface area contributed by atoms with Crippen molar-refractivity contribution in [2.75, 3.05) is 26.3 Å². The molecule has 1 unspecified atom stereocenters. The number of rotatable bonds is 17. The Kier molecular flexibility index (Phi) is 13.9. The fourth-order valence-corrected chi connectivity index (χ4v) is 4.29. The van der Waals surface area contributed by atoms with Gasteiger partial charge in [-0.15, -0.1) is 0 Å². The van der Waals surface area contributed by atoms with Gasteiger partial charge in [-0.25, -0.2) is 0 Å². The minimum absolute atomic E-state index is 0.138. The van der Waals surface area contributed by atoms with Crippen molar-refractivity contribution in [3.05, 3.63) is 29.8 Å². The summed E-state index contributed by atoms with van der Waals surface area (Å²) in [7, 11) is 0. The molecule has 2 rings (SSSR count). The van der Waals surface area contributed by atoms with Gasteiger partial charge in [-0.2, -0.15) is 0 Å². The summed E-state index contributed by atoms with van der Waals surface area (Å²) >= 11 is 0. The maximum Gasteiger partial charge on any atom is 0.308 e. The van der Waals surface area contributed by atoms with Crippen LogP contribution in [0.1, 0.15) is 90.0 Å². The molecule has 0 spiro atoms. The molecule has 1 aliphatic rings. The molecule has 1 atom stereocenters. The monoisotopic (exact) mass is 488 g/mol. The summed E-state index contributed by atoms with van der Waals surface area (Å²) in [6.45, 7) is 5.17. The number of carbonyl (C=O) groups excluding carboxylic acids is 3. The predicted octanol–water partition coefficient (Wildman–Crippen LogP) is 4.81. The maximum atomic E-state index is 12.8. The number of hydrogen-bond donors (Lipinski definition) is 1. The lowest BCUT2D eigenvalue weighted by atomic mass is 10.1. The van der Waals surface area contributed by atoms with Crippen LogP contribution >= 0.6 is 0 Å². The number of esters is 1. The van der Waals surface area contributed by atoms with E-state index in [1.165, 1.54) is 49.8 Å². The van der Waals surface area contributed by atoms with Crippen molar-refractivity contribution < 1.29 is 23.9 Å². The third-order valence-electron chi connectivity index (χ3n) is 6.44. The second-order valence-corrected chi connectivity index (χ2v) is 9.29. The van der Waals surface area contributed by atoms with Crippen LogP contribution < -0.4 is 10.1 Å². The SMILES string of the molecule is CCCCCCCCCCCCOC(=O)CC1C(=O)NCCN1C(=O)COc1cccc(CC)c1. The number of benzene rings is 1. The molecule has 0 bridgehead atoms. The molecule has 7 heteroatoms. The fourth-order valence-electron chi connectivity index (χ4n) is 4.29. The number of unbranched alkanes of at least 4 members (excludes halogenated alkanes) is 9. The third kappa shape index (κ3) is 11.1. The van der Waals surface area contributed by atoms with E-state index >= 15 is 0 Å². The lowest BCUT2D eigenvalue weighted by Gasteiger charge is -2.34. The molecule has 35 heavy (non-hydrogen) atoms. The van der Waals surface area contributed by atoms with Gasteiger partial charge in [-0.1, -0.05) is 83.8 Å². The van der Waals surface area contributed by atoms with E-state index < -0.39 is 12.0 Å². The van der Waals surface area contributed by atoms with Crippen molar-refractivity contribution in [2.24, 2.45) is 0 Å². The molecule has 0 radical (unpaired) electrons. The summed E-state index contributed by atoms with van der Waals surface area (Å²) in [5.41, 5.74) is 1.12. The molecule has 1 heterocycles. The third-order valence-corrected chi connectivity index (χ3v) is 6.44. The zero-order chi connectivity index (χ0) is 25.3. The summed E-state index contributed by atoms with van der Waals surface area (Å²) in [4.78, 5) is 39.0. The second kappa shape index (κ2) is 17.0. The average Bonchev–Trinajstić information content (AvgIpc) is 2.87. The summed E-state index contributed by atoms with van der Waals surface area (Å²) < 4.78 is 11.0. The van der Waals surface area contributed by atoms with Crippen molar-refractivity contribution in [3.63, 3.8) is 0 Å². The number of amides is 2. The van der Waals surface area contributed by atoms with Crippen LogP contribution in [0.5, 0.6) is 5.75 Å². The molecule has 0 saturated carbocycles. The summed E-state index contributed by atoms with van der Waals surface area (Å²) in [5, 5.41) is 2.74. The highest BCUT2D eigenvalue weighted by atomic mass is 16.5. The van der Waals surface area contributed by atoms with Gasteiger partial charge in [0.05, 0.1) is 13.0 Å². The van der Waals surface area contributed by atoms with Gasteiger partial charge in [0.25, 0.3) is 5.91 Å². The Balaban J connectivity index is 1.67. The minimum Gasteiger partial charge on any atom is -0.484 e. The van der Waals surface area contributed by atoms with E-state index in [0.717, 1.165) is 31.2 Å². The standard InChI is InChI=1S/C28H44N2O5/c1-3-5-6-7-8-9-10-11-12-13-19-34-27(32)21-25-28(33)29-17-18-30(25)26(31)22-35-24-16-14-15-23(4-2)20-24/h14-16,20,25H,3-13,17-19,21-22H2,1-2H3,(H,29,33). The van der Waals surface area contributed by atoms with Crippen LogP contribution in [0.4, 0.5) is 0 Å². The normalized spacial score (nSPS) is 15.5. The molecule has 1 fully saturated rings. The first-order chi connectivity index (χ1) is 17.0. The molecule has 1 N–H and O–H groups in total. The van der Waals surface area contributed by atoms with Crippen molar-refractivity contribution in [2.45, 2.75) is 96.9 Å². The fraction of sp³-hybridized carbons (Fsp3) is 0.679. The Morgan fingerprint density at radius 1 is 1.00 bits per heavy atom. The van der Waals surface area contributed by atoms with Crippen LogP contribution in [0.25, 0.3) is 0 Å². The number of nitrogens with one attached hydrogen (secondary N) is 1. The number of ether oxygens (including phenoxy) is 2. The Labute approximate surface area is 210 Å². The zero-order valence-corrected chi connectivity index (χ0v) is 21.7. The van der Waals surface area contributed by atoms with Crippen molar-refractivity contribution in [1.82, 2.24) is 10.2 Å². The van der Waals surface area contributed by atoms with Crippen LogP contribution in [-0.2, 0) is 25.5 Å². The first-order valence-corrected chi connectivity index (χ1v) is 13.5. The predicted molar refractivity (Wildman–Crippen MR) is 137 cm³/mol. The Morgan fingerprint density at radius 2 is 1.69 bits per heavy atom. The summed E-state index contributed by atoms with van der Waals surface area (Å²) in [6.07, 6.45) is 12.8. The number of aryl methyl sites for hydroxylation is 1. The van der Waals surface area contributed by atoms with Crippen LogP contribution in [0.2, 0.25) is 0 Å². The van der Waals surface area contributed by atoms with Crippen LogP contribution in [0, 0.1) is 0 Å². The number of piperazine rings is 1. The minimum atomic E-state index is -0.859. The number of hydrogen-bond acceptors (Lipinski definition) is 5. The topological polar surface area (TPSA) is 84.9 Å².